The van der Waals surface area contributed by atoms with E-state index in [0.29, 0.717) is 6.54 Å². The van der Waals surface area contributed by atoms with Crippen molar-refractivity contribution in [2.45, 2.75) is 32.4 Å². The Labute approximate surface area is 132 Å². The molecule has 4 rings (SSSR count). The van der Waals surface area contributed by atoms with Gasteiger partial charge in [-0.1, -0.05) is 0 Å². The number of hydrogen-bond acceptors (Lipinski definition) is 4. The molecule has 118 valence electrons. The van der Waals surface area contributed by atoms with Gasteiger partial charge in [0.25, 0.3) is 0 Å². The van der Waals surface area contributed by atoms with Crippen LogP contribution in [-0.4, -0.2) is 26.8 Å². The van der Waals surface area contributed by atoms with Gasteiger partial charge in [0.1, 0.15) is 17.7 Å². The number of furan rings is 1. The molecule has 1 aromatic carbocycles. The smallest absolute Gasteiger partial charge is 0.319 e. The Hall–Kier alpha value is -2.83. The van der Waals surface area contributed by atoms with Crippen molar-refractivity contribution in [1.82, 2.24) is 20.1 Å². The van der Waals surface area contributed by atoms with Gasteiger partial charge < -0.3 is 15.1 Å². The van der Waals surface area contributed by atoms with Crippen LogP contribution in [0.3, 0.4) is 0 Å². The molecular formula is C16H17N5O2. The molecule has 2 amide bonds. The highest BCUT2D eigenvalue weighted by atomic mass is 16.3. The first-order valence-electron chi connectivity index (χ1n) is 7.61. The van der Waals surface area contributed by atoms with E-state index < -0.39 is 0 Å². The van der Waals surface area contributed by atoms with Crippen LogP contribution in [0.2, 0.25) is 0 Å². The van der Waals surface area contributed by atoms with E-state index in [1.165, 1.54) is 0 Å². The Kier molecular flexibility index (Phi) is 3.25. The van der Waals surface area contributed by atoms with E-state index in [2.05, 4.69) is 20.7 Å². The molecule has 3 heterocycles. The molecule has 7 nitrogen and oxygen atoms in total. The maximum Gasteiger partial charge on any atom is 0.319 e. The molecule has 0 bridgehead atoms. The summed E-state index contributed by atoms with van der Waals surface area (Å²) in [7, 11) is 0. The quantitative estimate of drug-likeness (QED) is 0.761. The fourth-order valence-electron chi connectivity index (χ4n) is 2.94. The lowest BCUT2D eigenvalue weighted by Gasteiger charge is -2.23. The number of carbonyl (C=O) groups excluding carboxylic acids is 1. The van der Waals surface area contributed by atoms with Crippen molar-refractivity contribution in [3.8, 4) is 0 Å². The molecule has 0 fully saturated rings. The highest BCUT2D eigenvalue weighted by molar-refractivity contribution is 5.93. The maximum absolute atomic E-state index is 12.2. The lowest BCUT2D eigenvalue weighted by molar-refractivity contribution is 0.243. The van der Waals surface area contributed by atoms with Crippen LogP contribution in [0.4, 0.5) is 10.5 Å². The Morgan fingerprint density at radius 1 is 1.43 bits per heavy atom. The van der Waals surface area contributed by atoms with Crippen LogP contribution in [0.1, 0.15) is 17.8 Å². The number of rotatable bonds is 2. The fraction of sp³-hybridized carbons (Fsp3) is 0.312. The number of fused-ring (bicyclic) bond motifs is 2. The monoisotopic (exact) mass is 311 g/mol. The van der Waals surface area contributed by atoms with Crippen LogP contribution in [0.15, 0.2) is 35.2 Å². The van der Waals surface area contributed by atoms with Gasteiger partial charge >= 0.3 is 6.03 Å². The zero-order valence-corrected chi connectivity index (χ0v) is 12.7. The zero-order valence-electron chi connectivity index (χ0n) is 12.7. The average Bonchev–Trinajstić information content (AvgIpc) is 3.14. The van der Waals surface area contributed by atoms with Crippen molar-refractivity contribution in [1.29, 1.82) is 0 Å². The van der Waals surface area contributed by atoms with Gasteiger partial charge in [0, 0.05) is 17.5 Å². The predicted molar refractivity (Wildman–Crippen MR) is 85.2 cm³/mol. The molecule has 2 aromatic heterocycles. The summed E-state index contributed by atoms with van der Waals surface area (Å²) in [6, 6.07) is 5.47. The third kappa shape index (κ3) is 2.65. The second-order valence-corrected chi connectivity index (χ2v) is 5.82. The third-order valence-electron chi connectivity index (χ3n) is 4.17. The lowest BCUT2D eigenvalue weighted by Crippen LogP contribution is -2.43. The highest BCUT2D eigenvalue weighted by Gasteiger charge is 2.21. The Bertz CT molecular complexity index is 866. The van der Waals surface area contributed by atoms with Gasteiger partial charge in [-0.3, -0.25) is 0 Å². The minimum atomic E-state index is -0.209. The minimum Gasteiger partial charge on any atom is -0.464 e. The van der Waals surface area contributed by atoms with Crippen molar-refractivity contribution in [3.05, 3.63) is 42.2 Å². The van der Waals surface area contributed by atoms with Crippen molar-refractivity contribution in [2.75, 3.05) is 5.32 Å². The summed E-state index contributed by atoms with van der Waals surface area (Å²) >= 11 is 0. The first kappa shape index (κ1) is 13.8. The SMILES string of the molecule is Cc1coc2ccc(NC(=O)N[C@H]3CCc4ncnn4C3)cc12. The molecule has 1 aliphatic rings. The van der Waals surface area contributed by atoms with Crippen LogP contribution < -0.4 is 10.6 Å². The normalized spacial score (nSPS) is 17.0. The first-order chi connectivity index (χ1) is 11.2. The number of aromatic nitrogens is 3. The summed E-state index contributed by atoms with van der Waals surface area (Å²) in [4.78, 5) is 16.4. The van der Waals surface area contributed by atoms with Crippen LogP contribution >= 0.6 is 0 Å². The van der Waals surface area contributed by atoms with E-state index in [1.54, 1.807) is 12.6 Å². The Morgan fingerprint density at radius 3 is 3.26 bits per heavy atom. The van der Waals surface area contributed by atoms with Crippen LogP contribution in [-0.2, 0) is 13.0 Å². The van der Waals surface area contributed by atoms with Crippen LogP contribution in [0.5, 0.6) is 0 Å². The fourth-order valence-corrected chi connectivity index (χ4v) is 2.94. The van der Waals surface area contributed by atoms with E-state index >= 15 is 0 Å². The van der Waals surface area contributed by atoms with E-state index in [4.69, 9.17) is 4.42 Å². The largest absolute Gasteiger partial charge is 0.464 e. The highest BCUT2D eigenvalue weighted by Crippen LogP contribution is 2.24. The number of urea groups is 1. The second-order valence-electron chi connectivity index (χ2n) is 5.82. The Morgan fingerprint density at radius 2 is 2.35 bits per heavy atom. The number of nitrogens with one attached hydrogen (secondary N) is 2. The van der Waals surface area contributed by atoms with Gasteiger partial charge in [-0.15, -0.1) is 0 Å². The summed E-state index contributed by atoms with van der Waals surface area (Å²) in [5.74, 6) is 0.976. The number of anilines is 1. The summed E-state index contributed by atoms with van der Waals surface area (Å²) in [5.41, 5.74) is 2.62. The molecule has 0 saturated heterocycles. The number of hydrogen-bond donors (Lipinski definition) is 2. The minimum absolute atomic E-state index is 0.0589. The van der Waals surface area contributed by atoms with E-state index in [1.807, 2.05) is 29.8 Å². The number of aryl methyl sites for hydroxylation is 2. The molecule has 0 saturated carbocycles. The second kappa shape index (κ2) is 5.42. The van der Waals surface area contributed by atoms with Gasteiger partial charge in [0.05, 0.1) is 18.8 Å². The number of benzene rings is 1. The van der Waals surface area contributed by atoms with Gasteiger partial charge in [-0.25, -0.2) is 14.5 Å². The molecule has 2 N–H and O–H groups in total. The van der Waals surface area contributed by atoms with Gasteiger partial charge in [0.15, 0.2) is 0 Å². The summed E-state index contributed by atoms with van der Waals surface area (Å²) < 4.78 is 7.25. The van der Waals surface area contributed by atoms with Crippen molar-refractivity contribution in [3.63, 3.8) is 0 Å². The molecule has 0 spiro atoms. The molecular weight excluding hydrogens is 294 g/mol. The summed E-state index contributed by atoms with van der Waals surface area (Å²) in [6.07, 6.45) is 4.96. The van der Waals surface area contributed by atoms with Crippen LogP contribution in [0.25, 0.3) is 11.0 Å². The maximum atomic E-state index is 12.2. The molecule has 7 heteroatoms. The standard InChI is InChI=1S/C16H17N5O2/c1-10-8-23-14-4-2-11(6-13(10)14)19-16(22)20-12-3-5-15-17-9-18-21(15)7-12/h2,4,6,8-9,12H,3,5,7H2,1H3,(H2,19,20,22)/t12-/m0/s1. The first-order valence-corrected chi connectivity index (χ1v) is 7.61. The third-order valence-corrected chi connectivity index (χ3v) is 4.17. The van der Waals surface area contributed by atoms with Gasteiger partial charge in [0.2, 0.25) is 0 Å². The van der Waals surface area contributed by atoms with Gasteiger partial charge in [-0.05, 0) is 37.1 Å². The van der Waals surface area contributed by atoms with Crippen molar-refractivity contribution < 1.29 is 9.21 Å². The molecule has 0 unspecified atom stereocenters. The summed E-state index contributed by atoms with van der Waals surface area (Å²) in [6.45, 7) is 2.63. The lowest BCUT2D eigenvalue weighted by atomic mass is 10.1. The molecule has 0 aliphatic carbocycles. The van der Waals surface area contributed by atoms with E-state index in [9.17, 15) is 4.79 Å². The molecule has 3 aromatic rings. The van der Waals surface area contributed by atoms with Gasteiger partial charge in [-0.2, -0.15) is 5.10 Å². The molecule has 0 radical (unpaired) electrons. The van der Waals surface area contributed by atoms with E-state index in [-0.39, 0.29) is 12.1 Å². The van der Waals surface area contributed by atoms with Crippen molar-refractivity contribution >= 4 is 22.7 Å². The van der Waals surface area contributed by atoms with Crippen LogP contribution in [0, 0.1) is 6.92 Å². The summed E-state index contributed by atoms with van der Waals surface area (Å²) in [5, 5.41) is 11.0. The van der Waals surface area contributed by atoms with Crippen molar-refractivity contribution in [2.24, 2.45) is 0 Å². The predicted octanol–water partition coefficient (Wildman–Crippen LogP) is 2.47. The topological polar surface area (TPSA) is 85.0 Å². The molecule has 23 heavy (non-hydrogen) atoms. The number of carbonyl (C=O) groups is 1. The Balaban J connectivity index is 1.42. The van der Waals surface area contributed by atoms with E-state index in [0.717, 1.165) is 40.9 Å². The average molecular weight is 311 g/mol. The molecule has 1 aliphatic heterocycles. The number of amides is 2. The molecule has 1 atom stereocenters. The zero-order chi connectivity index (χ0) is 15.8. The number of nitrogens with zero attached hydrogens (tertiary/aromatic N) is 3.